The van der Waals surface area contributed by atoms with Gasteiger partial charge in [-0.25, -0.2) is 0 Å². The van der Waals surface area contributed by atoms with Crippen LogP contribution in [0.2, 0.25) is 0 Å². The Balaban J connectivity index is 1.67. The molecule has 8 heteroatoms. The van der Waals surface area contributed by atoms with Crippen molar-refractivity contribution in [2.24, 2.45) is 0 Å². The fourth-order valence-corrected chi connectivity index (χ4v) is 4.40. The number of hydrogen-bond acceptors (Lipinski definition) is 6. The normalized spacial score (nSPS) is 11.0. The van der Waals surface area contributed by atoms with Gasteiger partial charge >= 0.3 is 0 Å². The van der Waals surface area contributed by atoms with E-state index in [1.807, 2.05) is 18.2 Å². The Labute approximate surface area is 173 Å². The summed E-state index contributed by atoms with van der Waals surface area (Å²) in [5, 5.41) is 14.4. The molecule has 148 valence electrons. The van der Waals surface area contributed by atoms with Gasteiger partial charge in [0.1, 0.15) is 5.75 Å². The zero-order valence-electron chi connectivity index (χ0n) is 16.4. The van der Waals surface area contributed by atoms with Crippen molar-refractivity contribution in [3.8, 4) is 17.1 Å². The summed E-state index contributed by atoms with van der Waals surface area (Å²) in [4.78, 5) is 13.6. The second-order valence-corrected chi connectivity index (χ2v) is 8.40. The Kier molecular flexibility index (Phi) is 6.74. The lowest BCUT2D eigenvalue weighted by atomic mass is 10.1. The molecule has 0 unspecified atom stereocenters. The Morgan fingerprint density at radius 3 is 2.82 bits per heavy atom. The second-order valence-electron chi connectivity index (χ2n) is 6.51. The lowest BCUT2D eigenvalue weighted by Crippen LogP contribution is -2.14. The number of carbonyl (C=O) groups is 1. The molecule has 0 aliphatic carbocycles. The van der Waals surface area contributed by atoms with Crippen LogP contribution < -0.4 is 10.1 Å². The minimum absolute atomic E-state index is 0.0944. The molecule has 0 fully saturated rings. The number of anilines is 1. The van der Waals surface area contributed by atoms with Gasteiger partial charge in [-0.2, -0.15) is 0 Å². The standard InChI is InChI=1S/C20H24N4O2S2/c1-5-24-19(14-9-17(13(2)3)27-11-14)22-23-20(24)28-12-18(25)21-15-7-6-8-16(10-15)26-4/h6-11,13H,5,12H2,1-4H3,(H,21,25). The average Bonchev–Trinajstić information content (AvgIpc) is 3.33. The molecule has 0 bridgehead atoms. The molecule has 1 aromatic carbocycles. The molecule has 0 aliphatic heterocycles. The highest BCUT2D eigenvalue weighted by molar-refractivity contribution is 7.99. The van der Waals surface area contributed by atoms with Gasteiger partial charge in [0.05, 0.1) is 12.9 Å². The predicted molar refractivity (Wildman–Crippen MR) is 115 cm³/mol. The maximum atomic E-state index is 12.3. The van der Waals surface area contributed by atoms with Gasteiger partial charge < -0.3 is 14.6 Å². The third-order valence-corrected chi connectivity index (χ3v) is 6.37. The van der Waals surface area contributed by atoms with E-state index in [2.05, 4.69) is 52.3 Å². The van der Waals surface area contributed by atoms with Crippen LogP contribution in [-0.2, 0) is 11.3 Å². The first-order valence-corrected chi connectivity index (χ1v) is 11.0. The van der Waals surface area contributed by atoms with Crippen LogP contribution in [0.25, 0.3) is 11.4 Å². The number of thiophene rings is 1. The van der Waals surface area contributed by atoms with Gasteiger partial charge in [0.15, 0.2) is 11.0 Å². The summed E-state index contributed by atoms with van der Waals surface area (Å²) in [5.41, 5.74) is 1.79. The molecular formula is C20H24N4O2S2. The number of nitrogens with zero attached hydrogens (tertiary/aromatic N) is 3. The van der Waals surface area contributed by atoms with E-state index in [1.54, 1.807) is 24.5 Å². The Bertz CT molecular complexity index is 949. The number of benzene rings is 1. The molecule has 0 saturated carbocycles. The fourth-order valence-electron chi connectivity index (χ4n) is 2.69. The summed E-state index contributed by atoms with van der Waals surface area (Å²) in [6.45, 7) is 7.17. The molecule has 1 N–H and O–H groups in total. The number of hydrogen-bond donors (Lipinski definition) is 1. The van der Waals surface area contributed by atoms with Crippen molar-refractivity contribution in [2.75, 3.05) is 18.2 Å². The van der Waals surface area contributed by atoms with Gasteiger partial charge in [-0.3, -0.25) is 4.79 Å². The molecule has 0 saturated heterocycles. The minimum Gasteiger partial charge on any atom is -0.497 e. The molecule has 2 aromatic heterocycles. The highest BCUT2D eigenvalue weighted by Crippen LogP contribution is 2.31. The van der Waals surface area contributed by atoms with Crippen LogP contribution in [0.3, 0.4) is 0 Å². The number of ether oxygens (including phenoxy) is 1. The van der Waals surface area contributed by atoms with Crippen LogP contribution in [0.4, 0.5) is 5.69 Å². The number of thioether (sulfide) groups is 1. The molecule has 3 aromatic rings. The molecule has 6 nitrogen and oxygen atoms in total. The van der Waals surface area contributed by atoms with E-state index in [0.29, 0.717) is 17.4 Å². The van der Waals surface area contributed by atoms with Crippen molar-refractivity contribution in [1.82, 2.24) is 14.8 Å². The van der Waals surface area contributed by atoms with Gasteiger partial charge in [0.25, 0.3) is 0 Å². The SMILES string of the molecule is CCn1c(SCC(=O)Nc2cccc(OC)c2)nnc1-c1csc(C(C)C)c1. The number of methoxy groups -OCH3 is 1. The molecule has 2 heterocycles. The summed E-state index contributed by atoms with van der Waals surface area (Å²) in [6.07, 6.45) is 0. The Morgan fingerprint density at radius 1 is 1.32 bits per heavy atom. The van der Waals surface area contributed by atoms with Crippen molar-refractivity contribution in [2.45, 2.75) is 38.4 Å². The minimum atomic E-state index is -0.0944. The molecule has 1 amide bonds. The highest BCUT2D eigenvalue weighted by atomic mass is 32.2. The number of nitrogens with one attached hydrogen (secondary N) is 1. The Morgan fingerprint density at radius 2 is 2.14 bits per heavy atom. The van der Waals surface area contributed by atoms with Gasteiger partial charge in [-0.05, 0) is 31.0 Å². The molecule has 3 rings (SSSR count). The zero-order chi connectivity index (χ0) is 20.1. The van der Waals surface area contributed by atoms with Crippen molar-refractivity contribution in [3.63, 3.8) is 0 Å². The molecule has 28 heavy (non-hydrogen) atoms. The van der Waals surface area contributed by atoms with Crippen molar-refractivity contribution in [3.05, 3.63) is 40.6 Å². The van der Waals surface area contributed by atoms with Crippen LogP contribution in [-0.4, -0.2) is 33.5 Å². The number of carbonyl (C=O) groups excluding carboxylic acids is 1. The summed E-state index contributed by atoms with van der Waals surface area (Å²) in [5.74, 6) is 2.21. The predicted octanol–water partition coefficient (Wildman–Crippen LogP) is 4.89. The van der Waals surface area contributed by atoms with Gasteiger partial charge in [-0.1, -0.05) is 31.7 Å². The molecule has 0 aliphatic rings. The number of rotatable bonds is 8. The zero-order valence-corrected chi connectivity index (χ0v) is 18.1. The smallest absolute Gasteiger partial charge is 0.234 e. The van der Waals surface area contributed by atoms with E-state index in [4.69, 9.17) is 4.74 Å². The second kappa shape index (κ2) is 9.25. The topological polar surface area (TPSA) is 69.0 Å². The number of aromatic nitrogens is 3. The van der Waals surface area contributed by atoms with E-state index in [-0.39, 0.29) is 11.7 Å². The van der Waals surface area contributed by atoms with E-state index in [1.165, 1.54) is 16.6 Å². The quantitative estimate of drug-likeness (QED) is 0.530. The Hall–Kier alpha value is -2.32. The summed E-state index contributed by atoms with van der Waals surface area (Å²) < 4.78 is 7.23. The maximum Gasteiger partial charge on any atom is 0.234 e. The number of amides is 1. The average molecular weight is 417 g/mol. The highest BCUT2D eigenvalue weighted by Gasteiger charge is 2.16. The van der Waals surface area contributed by atoms with Gasteiger partial charge in [-0.15, -0.1) is 21.5 Å². The van der Waals surface area contributed by atoms with Gasteiger partial charge in [0.2, 0.25) is 5.91 Å². The first-order valence-electron chi connectivity index (χ1n) is 9.10. The van der Waals surface area contributed by atoms with Crippen molar-refractivity contribution >= 4 is 34.7 Å². The van der Waals surface area contributed by atoms with E-state index >= 15 is 0 Å². The lowest BCUT2D eigenvalue weighted by molar-refractivity contribution is -0.113. The van der Waals surface area contributed by atoms with E-state index in [0.717, 1.165) is 23.1 Å². The van der Waals surface area contributed by atoms with E-state index < -0.39 is 0 Å². The monoisotopic (exact) mass is 416 g/mol. The van der Waals surface area contributed by atoms with Crippen LogP contribution in [0.15, 0.2) is 40.9 Å². The maximum absolute atomic E-state index is 12.3. The summed E-state index contributed by atoms with van der Waals surface area (Å²) in [7, 11) is 1.60. The van der Waals surface area contributed by atoms with Crippen LogP contribution in [0.1, 0.15) is 31.6 Å². The van der Waals surface area contributed by atoms with Crippen LogP contribution in [0.5, 0.6) is 5.75 Å². The van der Waals surface area contributed by atoms with Gasteiger partial charge in [0, 0.05) is 34.1 Å². The lowest BCUT2D eigenvalue weighted by Gasteiger charge is -2.08. The third kappa shape index (κ3) is 4.74. The van der Waals surface area contributed by atoms with E-state index in [9.17, 15) is 4.79 Å². The largest absolute Gasteiger partial charge is 0.497 e. The first-order chi connectivity index (χ1) is 13.5. The molecule has 0 spiro atoms. The molecular weight excluding hydrogens is 392 g/mol. The van der Waals surface area contributed by atoms with Crippen molar-refractivity contribution < 1.29 is 9.53 Å². The first kappa shape index (κ1) is 20.4. The fraction of sp³-hybridized carbons (Fsp3) is 0.350. The van der Waals surface area contributed by atoms with Crippen molar-refractivity contribution in [1.29, 1.82) is 0 Å². The van der Waals surface area contributed by atoms with Crippen LogP contribution in [0, 0.1) is 0 Å². The molecule has 0 atom stereocenters. The third-order valence-electron chi connectivity index (χ3n) is 4.17. The molecule has 0 radical (unpaired) electrons. The summed E-state index contributed by atoms with van der Waals surface area (Å²) in [6, 6.07) is 9.48. The summed E-state index contributed by atoms with van der Waals surface area (Å²) >= 11 is 3.13. The van der Waals surface area contributed by atoms with Crippen LogP contribution >= 0.6 is 23.1 Å².